The molecule has 0 unspecified atom stereocenters. The maximum absolute atomic E-state index is 13.3. The van der Waals surface area contributed by atoms with Crippen LogP contribution in [0.2, 0.25) is 10.0 Å². The summed E-state index contributed by atoms with van der Waals surface area (Å²) in [5.41, 5.74) is 4.98. The Morgan fingerprint density at radius 1 is 1.08 bits per heavy atom. The second-order valence-electron chi connectivity index (χ2n) is 4.76. The van der Waals surface area contributed by atoms with Gasteiger partial charge >= 0.3 is 0 Å². The van der Waals surface area contributed by atoms with Gasteiger partial charge in [0.1, 0.15) is 0 Å². The van der Waals surface area contributed by atoms with Crippen molar-refractivity contribution in [3.8, 4) is 5.75 Å². The van der Waals surface area contributed by atoms with Crippen LogP contribution in [0, 0.1) is 5.82 Å². The van der Waals surface area contributed by atoms with Crippen molar-refractivity contribution in [2.45, 2.75) is 0 Å². The molecule has 0 aliphatic carbocycles. The predicted molar refractivity (Wildman–Crippen MR) is 93.7 cm³/mol. The average Bonchev–Trinajstić information content (AvgIpc) is 2.60. The van der Waals surface area contributed by atoms with E-state index in [2.05, 4.69) is 10.9 Å². The Bertz CT molecular complexity index is 812. The fourth-order valence-electron chi connectivity index (χ4n) is 1.70. The molecule has 0 spiro atoms. The van der Waals surface area contributed by atoms with Crippen molar-refractivity contribution in [1.29, 1.82) is 0 Å². The van der Waals surface area contributed by atoms with E-state index in [1.807, 2.05) is 0 Å². The van der Waals surface area contributed by atoms with Crippen LogP contribution in [0.15, 0.2) is 48.5 Å². The maximum Gasteiger partial charge on any atom is 0.276 e. The lowest BCUT2D eigenvalue weighted by Crippen LogP contribution is -2.43. The van der Waals surface area contributed by atoms with Crippen LogP contribution in [0.5, 0.6) is 5.75 Å². The number of ether oxygens (including phenoxy) is 1. The normalized spacial score (nSPS) is 10.5. The highest BCUT2D eigenvalue weighted by Crippen LogP contribution is 2.23. The van der Waals surface area contributed by atoms with Gasteiger partial charge in [0.25, 0.3) is 11.8 Å². The number of nitrogens with one attached hydrogen (secondary N) is 2. The molecule has 2 aromatic rings. The van der Waals surface area contributed by atoms with Crippen molar-refractivity contribution in [3.05, 3.63) is 70.0 Å². The topological polar surface area (TPSA) is 67.4 Å². The number of halogens is 3. The van der Waals surface area contributed by atoms with Gasteiger partial charge in [0.05, 0.1) is 10.0 Å². The van der Waals surface area contributed by atoms with Gasteiger partial charge in [-0.2, -0.15) is 0 Å². The molecule has 130 valence electrons. The molecule has 2 rings (SSSR count). The number of hydrogen-bond acceptors (Lipinski definition) is 3. The lowest BCUT2D eigenvalue weighted by molar-refractivity contribution is -0.128. The van der Waals surface area contributed by atoms with Gasteiger partial charge in [0.15, 0.2) is 18.2 Å². The number of rotatable bonds is 5. The molecule has 0 aliphatic rings. The van der Waals surface area contributed by atoms with E-state index in [1.165, 1.54) is 30.4 Å². The number of carbonyl (C=O) groups excluding carboxylic acids is 2. The van der Waals surface area contributed by atoms with E-state index in [-0.39, 0.29) is 5.75 Å². The number of amides is 2. The van der Waals surface area contributed by atoms with E-state index in [0.29, 0.717) is 15.6 Å². The van der Waals surface area contributed by atoms with Gasteiger partial charge < -0.3 is 4.74 Å². The first-order valence-electron chi connectivity index (χ1n) is 7.05. The van der Waals surface area contributed by atoms with Crippen molar-refractivity contribution in [3.63, 3.8) is 0 Å². The van der Waals surface area contributed by atoms with Crippen LogP contribution in [0.3, 0.4) is 0 Å². The Morgan fingerprint density at radius 2 is 1.84 bits per heavy atom. The largest absolute Gasteiger partial charge is 0.481 e. The van der Waals surface area contributed by atoms with Gasteiger partial charge in [0.2, 0.25) is 0 Å². The van der Waals surface area contributed by atoms with E-state index in [0.717, 1.165) is 0 Å². The van der Waals surface area contributed by atoms with Crippen LogP contribution in [-0.4, -0.2) is 18.4 Å². The molecular weight excluding hydrogens is 370 g/mol. The molecule has 0 atom stereocenters. The SMILES string of the molecule is O=C(/C=C/c1ccc(Cl)c(Cl)c1)NNC(=O)COc1ccccc1F. The van der Waals surface area contributed by atoms with E-state index in [1.54, 1.807) is 24.3 Å². The van der Waals surface area contributed by atoms with Crippen molar-refractivity contribution in [2.24, 2.45) is 0 Å². The molecule has 0 heterocycles. The van der Waals surface area contributed by atoms with Crippen LogP contribution in [0.4, 0.5) is 4.39 Å². The van der Waals surface area contributed by atoms with Crippen molar-refractivity contribution < 1.29 is 18.7 Å². The summed E-state index contributed by atoms with van der Waals surface area (Å²) in [6.45, 7) is -0.447. The first-order valence-corrected chi connectivity index (χ1v) is 7.80. The van der Waals surface area contributed by atoms with Crippen molar-refractivity contribution in [2.75, 3.05) is 6.61 Å². The molecule has 25 heavy (non-hydrogen) atoms. The zero-order valence-corrected chi connectivity index (χ0v) is 14.3. The predicted octanol–water partition coefficient (Wildman–Crippen LogP) is 3.37. The van der Waals surface area contributed by atoms with Crippen LogP contribution >= 0.6 is 23.2 Å². The highest BCUT2D eigenvalue weighted by atomic mass is 35.5. The second kappa shape index (κ2) is 9.05. The molecule has 2 amide bonds. The molecule has 5 nitrogen and oxygen atoms in total. The quantitative estimate of drug-likeness (QED) is 0.615. The summed E-state index contributed by atoms with van der Waals surface area (Å²) < 4.78 is 18.3. The third kappa shape index (κ3) is 6.10. The summed E-state index contributed by atoms with van der Waals surface area (Å²) in [5, 5.41) is 0.771. The lowest BCUT2D eigenvalue weighted by Gasteiger charge is -2.08. The van der Waals surface area contributed by atoms with E-state index in [9.17, 15) is 14.0 Å². The summed E-state index contributed by atoms with van der Waals surface area (Å²) in [4.78, 5) is 23.2. The van der Waals surface area contributed by atoms with Gasteiger partial charge in [-0.1, -0.05) is 41.4 Å². The summed E-state index contributed by atoms with van der Waals surface area (Å²) in [5.74, 6) is -1.84. The smallest absolute Gasteiger partial charge is 0.276 e. The zero-order chi connectivity index (χ0) is 18.2. The molecule has 0 aliphatic heterocycles. The van der Waals surface area contributed by atoms with Gasteiger partial charge in [-0.15, -0.1) is 0 Å². The number of benzene rings is 2. The zero-order valence-electron chi connectivity index (χ0n) is 12.8. The van der Waals surface area contributed by atoms with Gasteiger partial charge in [0, 0.05) is 6.08 Å². The summed E-state index contributed by atoms with van der Waals surface area (Å²) in [6.07, 6.45) is 2.71. The number of carbonyl (C=O) groups is 2. The fraction of sp³-hybridized carbons (Fsp3) is 0.0588. The first-order chi connectivity index (χ1) is 12.0. The monoisotopic (exact) mass is 382 g/mol. The van der Waals surface area contributed by atoms with Gasteiger partial charge in [-0.05, 0) is 35.9 Å². The molecule has 0 saturated heterocycles. The second-order valence-corrected chi connectivity index (χ2v) is 5.58. The molecule has 0 bridgehead atoms. The molecule has 2 aromatic carbocycles. The third-order valence-electron chi connectivity index (χ3n) is 2.89. The summed E-state index contributed by atoms with van der Waals surface area (Å²) >= 11 is 11.7. The lowest BCUT2D eigenvalue weighted by atomic mass is 10.2. The molecule has 8 heteroatoms. The van der Waals surface area contributed by atoms with Crippen LogP contribution in [0.1, 0.15) is 5.56 Å². The van der Waals surface area contributed by atoms with Crippen molar-refractivity contribution in [1.82, 2.24) is 10.9 Å². The molecule has 0 fully saturated rings. The van der Waals surface area contributed by atoms with Crippen molar-refractivity contribution >= 4 is 41.1 Å². The Hall–Kier alpha value is -2.57. The fourth-order valence-corrected chi connectivity index (χ4v) is 2.01. The Morgan fingerprint density at radius 3 is 2.56 bits per heavy atom. The third-order valence-corrected chi connectivity index (χ3v) is 3.63. The van der Waals surface area contributed by atoms with Gasteiger partial charge in [-0.3, -0.25) is 20.4 Å². The van der Waals surface area contributed by atoms with Crippen LogP contribution < -0.4 is 15.6 Å². The summed E-state index contributed by atoms with van der Waals surface area (Å²) in [6, 6.07) is 10.6. The minimum absolute atomic E-state index is 0.0523. The molecule has 0 saturated carbocycles. The number of hydrazine groups is 1. The molecule has 0 radical (unpaired) electrons. The van der Waals surface area contributed by atoms with Crippen LogP contribution in [0.25, 0.3) is 6.08 Å². The average molecular weight is 383 g/mol. The first kappa shape index (κ1) is 18.8. The Labute approximate surface area is 153 Å². The van der Waals surface area contributed by atoms with Gasteiger partial charge in [-0.25, -0.2) is 4.39 Å². The standard InChI is InChI=1S/C17H13Cl2FN2O3/c18-12-7-5-11(9-13(12)19)6-8-16(23)21-22-17(24)10-25-15-4-2-1-3-14(15)20/h1-9H,10H2,(H,21,23)(H,22,24)/b8-6+. The highest BCUT2D eigenvalue weighted by Gasteiger charge is 2.06. The Balaban J connectivity index is 1.77. The van der Waals surface area contributed by atoms with Crippen LogP contribution in [-0.2, 0) is 9.59 Å². The number of para-hydroxylation sites is 1. The highest BCUT2D eigenvalue weighted by molar-refractivity contribution is 6.42. The minimum Gasteiger partial charge on any atom is -0.481 e. The molecule has 0 aromatic heterocycles. The Kier molecular flexibility index (Phi) is 6.80. The summed E-state index contributed by atoms with van der Waals surface area (Å²) in [7, 11) is 0. The minimum atomic E-state index is -0.639. The van der Waals surface area contributed by atoms with E-state index < -0.39 is 24.2 Å². The van der Waals surface area contributed by atoms with E-state index in [4.69, 9.17) is 27.9 Å². The maximum atomic E-state index is 13.3. The molecule has 2 N–H and O–H groups in total. The van der Waals surface area contributed by atoms with E-state index >= 15 is 0 Å². The molecular formula is C17H13Cl2FN2O3. The number of hydrogen-bond donors (Lipinski definition) is 2.